The Morgan fingerprint density at radius 3 is 2.59 bits per heavy atom. The SMILES string of the molecule is CC(OC(=O)c1cccc(S(C)(=O)=O)c1)C(=O)Nc1nc(-c2cccc([N+](=O)[O-])c2)cs1. The molecule has 0 aliphatic rings. The second kappa shape index (κ2) is 9.24. The fourth-order valence-corrected chi connectivity index (χ4v) is 3.97. The molecule has 1 atom stereocenters. The van der Waals surface area contributed by atoms with Gasteiger partial charge in [-0.3, -0.25) is 20.2 Å². The van der Waals surface area contributed by atoms with Crippen LogP contribution in [0.1, 0.15) is 17.3 Å². The summed E-state index contributed by atoms with van der Waals surface area (Å²) in [5.41, 5.74) is 0.869. The van der Waals surface area contributed by atoms with Crippen LogP contribution in [-0.2, 0) is 19.4 Å². The van der Waals surface area contributed by atoms with Crippen LogP contribution >= 0.6 is 11.3 Å². The molecular weight excluding hydrogens is 458 g/mol. The molecule has 1 amide bonds. The molecule has 2 aromatic carbocycles. The number of hydrogen-bond donors (Lipinski definition) is 1. The summed E-state index contributed by atoms with van der Waals surface area (Å²) in [5.74, 6) is -1.49. The molecule has 12 heteroatoms. The first-order valence-electron chi connectivity index (χ1n) is 9.07. The summed E-state index contributed by atoms with van der Waals surface area (Å²) in [7, 11) is -3.50. The summed E-state index contributed by atoms with van der Waals surface area (Å²) in [6.45, 7) is 1.36. The Labute approximate surface area is 186 Å². The third kappa shape index (κ3) is 5.53. The largest absolute Gasteiger partial charge is 0.449 e. The van der Waals surface area contributed by atoms with Crippen molar-refractivity contribution in [2.45, 2.75) is 17.9 Å². The van der Waals surface area contributed by atoms with E-state index >= 15 is 0 Å². The van der Waals surface area contributed by atoms with Gasteiger partial charge in [0.2, 0.25) is 0 Å². The molecule has 0 spiro atoms. The number of hydrogen-bond acceptors (Lipinski definition) is 9. The number of non-ortho nitro benzene ring substituents is 1. The van der Waals surface area contributed by atoms with Crippen molar-refractivity contribution in [2.24, 2.45) is 0 Å². The third-order valence-electron chi connectivity index (χ3n) is 4.24. The highest BCUT2D eigenvalue weighted by Gasteiger charge is 2.21. The number of rotatable bonds is 7. The van der Waals surface area contributed by atoms with Crippen LogP contribution < -0.4 is 5.32 Å². The number of benzene rings is 2. The maximum atomic E-state index is 12.4. The maximum Gasteiger partial charge on any atom is 0.338 e. The number of amides is 1. The van der Waals surface area contributed by atoms with Gasteiger partial charge in [0.1, 0.15) is 0 Å². The first kappa shape index (κ1) is 23.0. The van der Waals surface area contributed by atoms with Crippen LogP contribution in [0.4, 0.5) is 10.8 Å². The molecule has 0 fully saturated rings. The molecule has 1 unspecified atom stereocenters. The molecular formula is C20H17N3O7S2. The molecule has 0 saturated carbocycles. The van der Waals surface area contributed by atoms with Gasteiger partial charge in [-0.2, -0.15) is 0 Å². The standard InChI is InChI=1S/C20H17N3O7S2/c1-12(30-19(25)14-6-4-8-16(10-14)32(2,28)29)18(24)22-20-21-17(11-31-20)13-5-3-7-15(9-13)23(26)27/h3-12H,1-2H3,(H,21,22,24). The summed E-state index contributed by atoms with van der Waals surface area (Å²) in [6, 6.07) is 11.2. The Morgan fingerprint density at radius 2 is 1.91 bits per heavy atom. The highest BCUT2D eigenvalue weighted by Crippen LogP contribution is 2.27. The molecule has 1 N–H and O–H groups in total. The van der Waals surface area contributed by atoms with E-state index in [0.29, 0.717) is 11.3 Å². The van der Waals surface area contributed by atoms with E-state index in [9.17, 15) is 28.1 Å². The Kier molecular flexibility index (Phi) is 6.65. The number of nitro benzene ring substituents is 1. The van der Waals surface area contributed by atoms with Crippen LogP contribution in [0.3, 0.4) is 0 Å². The Balaban J connectivity index is 1.66. The van der Waals surface area contributed by atoms with Crippen molar-refractivity contribution in [3.63, 3.8) is 0 Å². The highest BCUT2D eigenvalue weighted by molar-refractivity contribution is 7.90. The molecule has 32 heavy (non-hydrogen) atoms. The van der Waals surface area contributed by atoms with E-state index in [0.717, 1.165) is 17.6 Å². The summed E-state index contributed by atoms with van der Waals surface area (Å²) < 4.78 is 28.4. The van der Waals surface area contributed by atoms with Crippen molar-refractivity contribution in [1.29, 1.82) is 0 Å². The summed E-state index contributed by atoms with van der Waals surface area (Å²) >= 11 is 1.10. The van der Waals surface area contributed by atoms with E-state index in [2.05, 4.69) is 10.3 Å². The van der Waals surface area contributed by atoms with Crippen molar-refractivity contribution in [3.8, 4) is 11.3 Å². The van der Waals surface area contributed by atoms with Crippen molar-refractivity contribution < 1.29 is 27.7 Å². The number of carbonyl (C=O) groups is 2. The molecule has 10 nitrogen and oxygen atoms in total. The number of nitrogens with zero attached hydrogens (tertiary/aromatic N) is 2. The monoisotopic (exact) mass is 475 g/mol. The molecule has 3 aromatic rings. The number of sulfone groups is 1. The lowest BCUT2D eigenvalue weighted by Gasteiger charge is -2.12. The predicted octanol–water partition coefficient (Wildman–Crippen LogP) is 3.31. The first-order valence-corrected chi connectivity index (χ1v) is 11.8. The van der Waals surface area contributed by atoms with Crippen molar-refractivity contribution >= 4 is 43.9 Å². The van der Waals surface area contributed by atoms with E-state index < -0.39 is 32.7 Å². The van der Waals surface area contributed by atoms with Gasteiger partial charge < -0.3 is 4.74 Å². The second-order valence-electron chi connectivity index (χ2n) is 6.68. The Bertz CT molecular complexity index is 1300. The molecule has 0 aliphatic carbocycles. The molecule has 3 rings (SSSR count). The van der Waals surface area contributed by atoms with Gasteiger partial charge in [0.05, 0.1) is 21.1 Å². The summed E-state index contributed by atoms with van der Waals surface area (Å²) in [5, 5.41) is 15.3. The zero-order valence-electron chi connectivity index (χ0n) is 16.8. The maximum absolute atomic E-state index is 12.4. The Morgan fingerprint density at radius 1 is 1.19 bits per heavy atom. The third-order valence-corrected chi connectivity index (χ3v) is 6.11. The molecule has 0 aliphatic heterocycles. The van der Waals surface area contributed by atoms with Crippen molar-refractivity contribution in [1.82, 2.24) is 4.98 Å². The summed E-state index contributed by atoms with van der Waals surface area (Å²) in [6.07, 6.45) is -0.168. The van der Waals surface area contributed by atoms with Crippen LogP contribution in [0.15, 0.2) is 58.8 Å². The first-order chi connectivity index (χ1) is 15.0. The second-order valence-corrected chi connectivity index (χ2v) is 9.56. The topological polar surface area (TPSA) is 146 Å². The average molecular weight is 476 g/mol. The zero-order chi connectivity index (χ0) is 23.5. The molecule has 166 valence electrons. The van der Waals surface area contributed by atoms with E-state index in [4.69, 9.17) is 4.74 Å². The minimum Gasteiger partial charge on any atom is -0.449 e. The summed E-state index contributed by atoms with van der Waals surface area (Å²) in [4.78, 5) is 39.3. The lowest BCUT2D eigenvalue weighted by Crippen LogP contribution is -2.30. The van der Waals surface area contributed by atoms with Crippen molar-refractivity contribution in [3.05, 3.63) is 69.6 Å². The lowest BCUT2D eigenvalue weighted by molar-refractivity contribution is -0.384. The number of esters is 1. The highest BCUT2D eigenvalue weighted by atomic mass is 32.2. The van der Waals surface area contributed by atoms with Crippen LogP contribution in [0.25, 0.3) is 11.3 Å². The Hall–Kier alpha value is -3.64. The van der Waals surface area contributed by atoms with Gasteiger partial charge in [0.15, 0.2) is 21.1 Å². The number of nitro groups is 1. The van der Waals surface area contributed by atoms with Crippen LogP contribution in [0.5, 0.6) is 0 Å². The number of carbonyl (C=O) groups excluding carboxylic acids is 2. The number of ether oxygens (including phenoxy) is 1. The van der Waals surface area contributed by atoms with E-state index in [-0.39, 0.29) is 21.3 Å². The number of nitrogens with one attached hydrogen (secondary N) is 1. The van der Waals surface area contributed by atoms with Gasteiger partial charge in [-0.25, -0.2) is 18.2 Å². The van der Waals surface area contributed by atoms with Gasteiger partial charge in [0.25, 0.3) is 11.6 Å². The van der Waals surface area contributed by atoms with Gasteiger partial charge in [0, 0.05) is 29.3 Å². The van der Waals surface area contributed by atoms with E-state index in [1.807, 2.05) is 0 Å². The number of thiazole rings is 1. The van der Waals surface area contributed by atoms with Crippen LogP contribution in [0, 0.1) is 10.1 Å². The molecule has 1 heterocycles. The van der Waals surface area contributed by atoms with E-state index in [1.165, 1.54) is 49.4 Å². The number of aromatic nitrogens is 1. The van der Waals surface area contributed by atoms with Gasteiger partial charge in [-0.1, -0.05) is 18.2 Å². The van der Waals surface area contributed by atoms with Crippen molar-refractivity contribution in [2.75, 3.05) is 11.6 Å². The zero-order valence-corrected chi connectivity index (χ0v) is 18.5. The van der Waals surface area contributed by atoms with Gasteiger partial charge in [-0.15, -0.1) is 11.3 Å². The minimum atomic E-state index is -3.50. The minimum absolute atomic E-state index is 0.00483. The van der Waals surface area contributed by atoms with Gasteiger partial charge in [-0.05, 0) is 25.1 Å². The van der Waals surface area contributed by atoms with Gasteiger partial charge >= 0.3 is 5.97 Å². The normalized spacial score (nSPS) is 12.1. The van der Waals surface area contributed by atoms with Crippen LogP contribution in [0.2, 0.25) is 0 Å². The lowest BCUT2D eigenvalue weighted by atomic mass is 10.1. The molecule has 0 saturated heterocycles. The predicted molar refractivity (Wildman–Crippen MR) is 117 cm³/mol. The van der Waals surface area contributed by atoms with Crippen LogP contribution in [-0.4, -0.2) is 42.6 Å². The number of anilines is 1. The quantitative estimate of drug-likeness (QED) is 0.311. The smallest absolute Gasteiger partial charge is 0.338 e. The fraction of sp³-hybridized carbons (Fsp3) is 0.150. The fourth-order valence-electron chi connectivity index (χ4n) is 2.59. The molecule has 1 aromatic heterocycles. The average Bonchev–Trinajstić information content (AvgIpc) is 3.21. The van der Waals surface area contributed by atoms with E-state index in [1.54, 1.807) is 11.4 Å². The molecule has 0 radical (unpaired) electrons. The molecule has 0 bridgehead atoms.